The summed E-state index contributed by atoms with van der Waals surface area (Å²) in [4.78, 5) is 23.7. The highest BCUT2D eigenvalue weighted by Crippen LogP contribution is 2.30. The molecule has 0 spiro atoms. The van der Waals surface area contributed by atoms with Crippen molar-refractivity contribution in [3.8, 4) is 11.5 Å². The third-order valence-corrected chi connectivity index (χ3v) is 3.64. The lowest BCUT2D eigenvalue weighted by molar-refractivity contribution is 0.0900. The minimum Gasteiger partial charge on any atom is -0.486 e. The van der Waals surface area contributed by atoms with Crippen molar-refractivity contribution in [2.45, 2.75) is 6.10 Å². The Labute approximate surface area is 143 Å². The molecule has 0 bridgehead atoms. The summed E-state index contributed by atoms with van der Waals surface area (Å²) in [7, 11) is 0. The Morgan fingerprint density at radius 2 is 1.79 bits per heavy atom. The molecule has 124 valence electrons. The lowest BCUT2D eigenvalue weighted by atomic mass is 10.2. The summed E-state index contributed by atoms with van der Waals surface area (Å²) in [5, 5.41) is 5.36. The average Bonchev–Trinajstić information content (AvgIpc) is 2.60. The monoisotopic (exact) mass is 346 g/mol. The molecule has 2 aromatic rings. The van der Waals surface area contributed by atoms with Gasteiger partial charge >= 0.3 is 6.03 Å². The Morgan fingerprint density at radius 3 is 2.54 bits per heavy atom. The summed E-state index contributed by atoms with van der Waals surface area (Å²) in [6.45, 7) is 0.538. The second-order valence-electron chi connectivity index (χ2n) is 5.17. The number of benzene rings is 2. The molecule has 24 heavy (non-hydrogen) atoms. The van der Waals surface area contributed by atoms with Crippen molar-refractivity contribution in [3.05, 3.63) is 59.1 Å². The van der Waals surface area contributed by atoms with E-state index in [0.29, 0.717) is 28.7 Å². The van der Waals surface area contributed by atoms with Crippen molar-refractivity contribution in [2.24, 2.45) is 0 Å². The zero-order valence-electron chi connectivity index (χ0n) is 12.6. The van der Waals surface area contributed by atoms with Gasteiger partial charge in [-0.2, -0.15) is 0 Å². The molecule has 2 aromatic carbocycles. The van der Waals surface area contributed by atoms with Gasteiger partial charge in [0.1, 0.15) is 6.61 Å². The van der Waals surface area contributed by atoms with Gasteiger partial charge in [0.2, 0.25) is 0 Å². The van der Waals surface area contributed by atoms with E-state index in [9.17, 15) is 9.59 Å². The lowest BCUT2D eigenvalue weighted by Gasteiger charge is -2.26. The number of nitrogens with one attached hydrogen (secondary N) is 2. The van der Waals surface area contributed by atoms with Gasteiger partial charge < -0.3 is 14.8 Å². The van der Waals surface area contributed by atoms with Crippen molar-refractivity contribution in [1.29, 1.82) is 0 Å². The lowest BCUT2D eigenvalue weighted by Crippen LogP contribution is -2.46. The summed E-state index contributed by atoms with van der Waals surface area (Å²) in [6, 6.07) is 13.0. The quantitative estimate of drug-likeness (QED) is 0.895. The van der Waals surface area contributed by atoms with Crippen LogP contribution in [0.15, 0.2) is 48.5 Å². The van der Waals surface area contributed by atoms with Gasteiger partial charge in [0.05, 0.1) is 6.54 Å². The fraction of sp³-hybridized carbons (Fsp3) is 0.176. The highest BCUT2D eigenvalue weighted by Gasteiger charge is 2.21. The first-order valence-corrected chi connectivity index (χ1v) is 7.73. The average molecular weight is 347 g/mol. The number of ether oxygens (including phenoxy) is 2. The number of carbonyl (C=O) groups is 2. The van der Waals surface area contributed by atoms with Crippen LogP contribution in [0.1, 0.15) is 10.4 Å². The molecule has 0 radical (unpaired) electrons. The fourth-order valence-electron chi connectivity index (χ4n) is 2.19. The third kappa shape index (κ3) is 3.97. The Kier molecular flexibility index (Phi) is 4.86. The number of carbonyl (C=O) groups excluding carboxylic acids is 2. The number of amides is 3. The molecule has 1 heterocycles. The molecule has 0 fully saturated rings. The molecule has 6 nitrogen and oxygen atoms in total. The minimum absolute atomic E-state index is 0.216. The standard InChI is InChI=1S/C17H15ClN2O4/c18-12-7-5-11(6-8-12)16(21)20-17(22)19-9-13-10-23-14-3-1-2-4-15(14)24-13/h1-8,13H,9-10H2,(H2,19,20,21,22). The fourth-order valence-corrected chi connectivity index (χ4v) is 2.32. The van der Waals surface area contributed by atoms with E-state index in [1.54, 1.807) is 30.3 Å². The van der Waals surface area contributed by atoms with Crippen molar-refractivity contribution < 1.29 is 19.1 Å². The van der Waals surface area contributed by atoms with E-state index < -0.39 is 11.9 Å². The largest absolute Gasteiger partial charge is 0.486 e. The first-order valence-electron chi connectivity index (χ1n) is 7.35. The first kappa shape index (κ1) is 16.1. The predicted octanol–water partition coefficient (Wildman–Crippen LogP) is 2.62. The van der Waals surface area contributed by atoms with Crippen LogP contribution in [0.3, 0.4) is 0 Å². The topological polar surface area (TPSA) is 76.7 Å². The van der Waals surface area contributed by atoms with Gasteiger partial charge in [-0.05, 0) is 36.4 Å². The summed E-state index contributed by atoms with van der Waals surface area (Å²) in [5.41, 5.74) is 0.348. The predicted molar refractivity (Wildman–Crippen MR) is 88.7 cm³/mol. The molecule has 3 rings (SSSR count). The highest BCUT2D eigenvalue weighted by atomic mass is 35.5. The molecule has 0 saturated heterocycles. The van der Waals surface area contributed by atoms with Gasteiger partial charge in [-0.1, -0.05) is 23.7 Å². The Hall–Kier alpha value is -2.73. The van der Waals surface area contributed by atoms with Crippen LogP contribution in [0.5, 0.6) is 11.5 Å². The SMILES string of the molecule is O=C(NCC1COc2ccccc2O1)NC(=O)c1ccc(Cl)cc1. The van der Waals surface area contributed by atoms with Crippen molar-refractivity contribution >= 4 is 23.5 Å². The molecule has 1 aliphatic rings. The smallest absolute Gasteiger partial charge is 0.321 e. The molecule has 0 aromatic heterocycles. The number of urea groups is 1. The summed E-state index contributed by atoms with van der Waals surface area (Å²) >= 11 is 5.76. The number of para-hydroxylation sites is 2. The second-order valence-corrected chi connectivity index (χ2v) is 5.61. The number of halogens is 1. The van der Waals surface area contributed by atoms with Crippen molar-refractivity contribution in [2.75, 3.05) is 13.2 Å². The molecule has 3 amide bonds. The van der Waals surface area contributed by atoms with Gasteiger partial charge in [-0.15, -0.1) is 0 Å². The van der Waals surface area contributed by atoms with Crippen LogP contribution in [0.25, 0.3) is 0 Å². The maximum absolute atomic E-state index is 11.9. The van der Waals surface area contributed by atoms with Crippen molar-refractivity contribution in [3.63, 3.8) is 0 Å². The number of fused-ring (bicyclic) bond motifs is 1. The van der Waals surface area contributed by atoms with E-state index in [2.05, 4.69) is 10.6 Å². The Balaban J connectivity index is 1.48. The van der Waals surface area contributed by atoms with Gasteiger partial charge in [0.25, 0.3) is 5.91 Å². The zero-order chi connectivity index (χ0) is 16.9. The second kappa shape index (κ2) is 7.23. The van der Waals surface area contributed by atoms with Crippen LogP contribution in [0.4, 0.5) is 4.79 Å². The Bertz CT molecular complexity index is 749. The minimum atomic E-state index is -0.600. The number of hydrogen-bond acceptors (Lipinski definition) is 4. The molecule has 0 aliphatic carbocycles. The van der Waals surface area contributed by atoms with Gasteiger partial charge in [0.15, 0.2) is 17.6 Å². The number of imide groups is 1. The summed E-state index contributed by atoms with van der Waals surface area (Å²) in [5.74, 6) is 0.805. The molecule has 2 N–H and O–H groups in total. The van der Waals surface area contributed by atoms with Crippen LogP contribution in [0.2, 0.25) is 5.02 Å². The van der Waals surface area contributed by atoms with E-state index in [-0.39, 0.29) is 12.6 Å². The molecule has 0 saturated carbocycles. The molecule has 7 heteroatoms. The molecular weight excluding hydrogens is 332 g/mol. The van der Waals surface area contributed by atoms with Gasteiger partial charge in [0, 0.05) is 10.6 Å². The molecule has 1 aliphatic heterocycles. The summed E-state index contributed by atoms with van der Waals surface area (Å²) in [6.07, 6.45) is -0.323. The van der Waals surface area contributed by atoms with Crippen LogP contribution in [0, 0.1) is 0 Å². The van der Waals surface area contributed by atoms with Crippen LogP contribution >= 0.6 is 11.6 Å². The normalized spacial score (nSPS) is 15.5. The third-order valence-electron chi connectivity index (χ3n) is 3.39. The van der Waals surface area contributed by atoms with E-state index in [0.717, 1.165) is 0 Å². The molecule has 1 atom stereocenters. The van der Waals surface area contributed by atoms with E-state index in [1.807, 2.05) is 18.2 Å². The van der Waals surface area contributed by atoms with E-state index in [4.69, 9.17) is 21.1 Å². The van der Waals surface area contributed by atoms with Gasteiger partial charge in [-0.25, -0.2) is 4.79 Å². The first-order chi connectivity index (χ1) is 11.6. The highest BCUT2D eigenvalue weighted by molar-refractivity contribution is 6.30. The maximum atomic E-state index is 11.9. The molecule has 1 unspecified atom stereocenters. The summed E-state index contributed by atoms with van der Waals surface area (Å²) < 4.78 is 11.3. The Morgan fingerprint density at radius 1 is 1.08 bits per heavy atom. The van der Waals surface area contributed by atoms with E-state index in [1.165, 1.54) is 0 Å². The van der Waals surface area contributed by atoms with Gasteiger partial charge in [-0.3, -0.25) is 10.1 Å². The number of rotatable bonds is 3. The van der Waals surface area contributed by atoms with Crippen LogP contribution < -0.4 is 20.1 Å². The van der Waals surface area contributed by atoms with Crippen LogP contribution in [-0.4, -0.2) is 31.2 Å². The number of hydrogen-bond donors (Lipinski definition) is 2. The molecular formula is C17H15ClN2O4. The van der Waals surface area contributed by atoms with E-state index >= 15 is 0 Å². The maximum Gasteiger partial charge on any atom is 0.321 e. The zero-order valence-corrected chi connectivity index (χ0v) is 13.4. The van der Waals surface area contributed by atoms with Crippen molar-refractivity contribution in [1.82, 2.24) is 10.6 Å². The van der Waals surface area contributed by atoms with Crippen LogP contribution in [-0.2, 0) is 0 Å².